The van der Waals surface area contributed by atoms with Crippen molar-refractivity contribution in [2.75, 3.05) is 18.8 Å². The largest absolute Gasteiger partial charge is 0.398 e. The molecule has 1 aliphatic carbocycles. The lowest BCUT2D eigenvalue weighted by Crippen LogP contribution is -2.40. The van der Waals surface area contributed by atoms with Crippen molar-refractivity contribution in [3.05, 3.63) is 29.5 Å². The summed E-state index contributed by atoms with van der Waals surface area (Å²) in [4.78, 5) is 14.8. The van der Waals surface area contributed by atoms with Crippen molar-refractivity contribution in [2.24, 2.45) is 13.0 Å². The molecule has 4 nitrogen and oxygen atoms in total. The number of anilines is 1. The van der Waals surface area contributed by atoms with Gasteiger partial charge in [-0.3, -0.25) is 4.79 Å². The lowest BCUT2D eigenvalue weighted by Gasteiger charge is -2.33. The number of nitrogen functional groups attached to an aromatic ring is 1. The molecular formula is C21H29N3O. The molecule has 1 saturated heterocycles. The van der Waals surface area contributed by atoms with Crippen molar-refractivity contribution < 1.29 is 4.79 Å². The Balaban J connectivity index is 1.54. The first-order valence-corrected chi connectivity index (χ1v) is 9.69. The summed E-state index contributed by atoms with van der Waals surface area (Å²) in [5.74, 6) is 1.24. The van der Waals surface area contributed by atoms with Crippen LogP contribution in [0.2, 0.25) is 0 Å². The maximum Gasteiger partial charge on any atom is 0.225 e. The number of fused-ring (bicyclic) bond motifs is 1. The zero-order valence-corrected chi connectivity index (χ0v) is 15.4. The van der Waals surface area contributed by atoms with Crippen LogP contribution in [0, 0.1) is 12.8 Å². The number of likely N-dealkylation sites (tertiary alicyclic amines) is 1. The maximum atomic E-state index is 12.7. The molecule has 1 aliphatic heterocycles. The van der Waals surface area contributed by atoms with E-state index in [1.165, 1.54) is 34.9 Å². The number of carbonyl (C=O) groups is 1. The van der Waals surface area contributed by atoms with E-state index in [1.807, 2.05) is 6.07 Å². The molecule has 2 fully saturated rings. The minimum absolute atomic E-state index is 0.302. The summed E-state index contributed by atoms with van der Waals surface area (Å²) >= 11 is 0. The number of rotatable bonds is 2. The molecule has 4 heteroatoms. The fourth-order valence-corrected chi connectivity index (χ4v) is 4.87. The molecule has 1 aromatic carbocycles. The van der Waals surface area contributed by atoms with Gasteiger partial charge in [0, 0.05) is 48.8 Å². The molecule has 1 amide bonds. The molecule has 134 valence electrons. The van der Waals surface area contributed by atoms with Gasteiger partial charge in [0.1, 0.15) is 0 Å². The Kier molecular flexibility index (Phi) is 4.22. The average molecular weight is 339 g/mol. The van der Waals surface area contributed by atoms with Gasteiger partial charge in [0.05, 0.1) is 0 Å². The highest BCUT2D eigenvalue weighted by molar-refractivity contribution is 5.91. The summed E-state index contributed by atoms with van der Waals surface area (Å²) in [7, 11) is 2.11. The van der Waals surface area contributed by atoms with Crippen molar-refractivity contribution in [1.82, 2.24) is 9.47 Å². The second kappa shape index (κ2) is 6.40. The van der Waals surface area contributed by atoms with Crippen LogP contribution in [0.4, 0.5) is 5.69 Å². The molecule has 2 N–H and O–H groups in total. The Labute approximate surface area is 150 Å². The Morgan fingerprint density at radius 2 is 1.80 bits per heavy atom. The van der Waals surface area contributed by atoms with Crippen molar-refractivity contribution in [3.63, 3.8) is 0 Å². The normalized spacial score (nSPS) is 19.8. The minimum Gasteiger partial charge on any atom is -0.398 e. The molecule has 0 bridgehead atoms. The zero-order chi connectivity index (χ0) is 17.6. The smallest absolute Gasteiger partial charge is 0.225 e. The summed E-state index contributed by atoms with van der Waals surface area (Å²) in [5, 5.41) is 1.32. The highest BCUT2D eigenvalue weighted by Crippen LogP contribution is 2.38. The number of nitrogens with two attached hydrogens (primary N) is 1. The van der Waals surface area contributed by atoms with Crippen molar-refractivity contribution in [3.8, 4) is 0 Å². The highest BCUT2D eigenvalue weighted by Gasteiger charge is 2.31. The number of carbonyl (C=O) groups excluding carboxylic acids is 1. The number of aromatic nitrogens is 1. The van der Waals surface area contributed by atoms with Crippen molar-refractivity contribution in [2.45, 2.75) is 51.4 Å². The Morgan fingerprint density at radius 3 is 2.48 bits per heavy atom. The Bertz CT molecular complexity index is 793. The summed E-state index contributed by atoms with van der Waals surface area (Å²) in [6, 6.07) is 4.13. The Hall–Kier alpha value is -1.97. The molecule has 0 radical (unpaired) electrons. The zero-order valence-electron chi connectivity index (χ0n) is 15.4. The third kappa shape index (κ3) is 2.82. The van der Waals surface area contributed by atoms with Gasteiger partial charge in [-0.15, -0.1) is 0 Å². The minimum atomic E-state index is 0.302. The first-order valence-electron chi connectivity index (χ1n) is 9.69. The second-order valence-corrected chi connectivity index (χ2v) is 7.95. The van der Waals surface area contributed by atoms with Crippen LogP contribution in [-0.2, 0) is 11.8 Å². The van der Waals surface area contributed by atoms with E-state index >= 15 is 0 Å². The van der Waals surface area contributed by atoms with Crippen molar-refractivity contribution in [1.29, 1.82) is 0 Å². The molecule has 2 aliphatic rings. The van der Waals surface area contributed by atoms with E-state index in [0.717, 1.165) is 44.5 Å². The van der Waals surface area contributed by atoms with E-state index < -0.39 is 0 Å². The SMILES string of the molecule is Cc1c(N)ccc2c1c(C1CCN(C(=O)C3CCCC3)CC1)cn2C. The van der Waals surface area contributed by atoms with E-state index in [-0.39, 0.29) is 0 Å². The van der Waals surface area contributed by atoms with Gasteiger partial charge in [0.15, 0.2) is 0 Å². The van der Waals surface area contributed by atoms with Gasteiger partial charge in [-0.2, -0.15) is 0 Å². The third-order valence-corrected chi connectivity index (χ3v) is 6.44. The lowest BCUT2D eigenvalue weighted by atomic mass is 9.87. The summed E-state index contributed by atoms with van der Waals surface area (Å²) < 4.78 is 2.22. The van der Waals surface area contributed by atoms with Gasteiger partial charge in [0.2, 0.25) is 5.91 Å². The van der Waals surface area contributed by atoms with Crippen LogP contribution in [-0.4, -0.2) is 28.5 Å². The number of hydrogen-bond donors (Lipinski definition) is 1. The fraction of sp³-hybridized carbons (Fsp3) is 0.571. The van der Waals surface area contributed by atoms with Gasteiger partial charge in [0.25, 0.3) is 0 Å². The topological polar surface area (TPSA) is 51.3 Å². The van der Waals surface area contributed by atoms with Crippen LogP contribution in [0.25, 0.3) is 10.9 Å². The van der Waals surface area contributed by atoms with Crippen LogP contribution in [0.5, 0.6) is 0 Å². The standard InChI is InChI=1S/C21H29N3O/c1-14-18(22)7-8-19-20(14)17(13-23(19)2)15-9-11-24(12-10-15)21(25)16-5-3-4-6-16/h7-8,13,15-16H,3-6,9-12,22H2,1-2H3. The van der Waals surface area contributed by atoms with Crippen LogP contribution < -0.4 is 5.73 Å². The van der Waals surface area contributed by atoms with Crippen LogP contribution in [0.1, 0.15) is 55.6 Å². The molecule has 2 aromatic rings. The van der Waals surface area contributed by atoms with Gasteiger partial charge < -0.3 is 15.2 Å². The molecule has 4 rings (SSSR count). The van der Waals surface area contributed by atoms with Crippen LogP contribution >= 0.6 is 0 Å². The van der Waals surface area contributed by atoms with E-state index in [9.17, 15) is 4.79 Å². The first-order chi connectivity index (χ1) is 12.1. The summed E-state index contributed by atoms with van der Waals surface area (Å²) in [6.07, 6.45) is 9.04. The number of amides is 1. The number of nitrogens with zero attached hydrogens (tertiary/aromatic N) is 2. The van der Waals surface area contributed by atoms with Gasteiger partial charge in [-0.25, -0.2) is 0 Å². The first kappa shape index (κ1) is 16.5. The lowest BCUT2D eigenvalue weighted by molar-refractivity contribution is -0.136. The number of hydrogen-bond acceptors (Lipinski definition) is 2. The van der Waals surface area contributed by atoms with Crippen LogP contribution in [0.3, 0.4) is 0 Å². The van der Waals surface area contributed by atoms with E-state index in [4.69, 9.17) is 5.73 Å². The van der Waals surface area contributed by atoms with E-state index in [1.54, 1.807) is 0 Å². The predicted octanol–water partition coefficient (Wildman–Crippen LogP) is 3.97. The maximum absolute atomic E-state index is 12.7. The summed E-state index contributed by atoms with van der Waals surface area (Å²) in [6.45, 7) is 3.93. The van der Waals surface area contributed by atoms with Crippen molar-refractivity contribution >= 4 is 22.5 Å². The summed E-state index contributed by atoms with van der Waals surface area (Å²) in [5.41, 5.74) is 10.9. The number of piperidine rings is 1. The Morgan fingerprint density at radius 1 is 1.12 bits per heavy atom. The average Bonchev–Trinajstić information content (AvgIpc) is 3.26. The monoisotopic (exact) mass is 339 g/mol. The number of aryl methyl sites for hydroxylation is 2. The molecular weight excluding hydrogens is 310 g/mol. The molecule has 0 unspecified atom stereocenters. The highest BCUT2D eigenvalue weighted by atomic mass is 16.2. The molecule has 1 aromatic heterocycles. The van der Waals surface area contributed by atoms with Gasteiger partial charge >= 0.3 is 0 Å². The van der Waals surface area contributed by atoms with E-state index in [0.29, 0.717) is 17.7 Å². The van der Waals surface area contributed by atoms with Crippen LogP contribution in [0.15, 0.2) is 18.3 Å². The quantitative estimate of drug-likeness (QED) is 0.842. The molecule has 1 saturated carbocycles. The van der Waals surface area contributed by atoms with Gasteiger partial charge in [-0.1, -0.05) is 12.8 Å². The van der Waals surface area contributed by atoms with E-state index in [2.05, 4.69) is 35.7 Å². The molecule has 2 heterocycles. The number of benzene rings is 1. The second-order valence-electron chi connectivity index (χ2n) is 7.95. The molecule has 25 heavy (non-hydrogen) atoms. The predicted molar refractivity (Wildman–Crippen MR) is 103 cm³/mol. The van der Waals surface area contributed by atoms with Gasteiger partial charge in [-0.05, 0) is 61.8 Å². The molecule has 0 spiro atoms. The third-order valence-electron chi connectivity index (χ3n) is 6.44. The fourth-order valence-electron chi connectivity index (χ4n) is 4.87. The molecule has 0 atom stereocenters.